The van der Waals surface area contributed by atoms with E-state index >= 15 is 0 Å². The molecule has 0 bridgehead atoms. The second-order valence-corrected chi connectivity index (χ2v) is 3.24. The van der Waals surface area contributed by atoms with Gasteiger partial charge in [0.05, 0.1) is 10.6 Å². The lowest BCUT2D eigenvalue weighted by molar-refractivity contribution is -0.386. The van der Waals surface area contributed by atoms with Crippen LogP contribution in [-0.2, 0) is 0 Å². The summed E-state index contributed by atoms with van der Waals surface area (Å²) < 4.78 is 0. The monoisotopic (exact) mass is 199 g/mol. The second-order valence-electron chi connectivity index (χ2n) is 3.24. The van der Waals surface area contributed by atoms with Crippen LogP contribution in [0.3, 0.4) is 0 Å². The van der Waals surface area contributed by atoms with Crippen molar-refractivity contribution in [3.63, 3.8) is 0 Å². The van der Waals surface area contributed by atoms with Gasteiger partial charge in [-0.05, 0) is 12.2 Å². The van der Waals surface area contributed by atoms with Gasteiger partial charge in [0.25, 0.3) is 5.69 Å². The fraction of sp³-hybridized carbons (Fsp3) is 0. The van der Waals surface area contributed by atoms with E-state index in [1.807, 2.05) is 0 Å². The Morgan fingerprint density at radius 2 is 2.27 bits per heavy atom. The van der Waals surface area contributed by atoms with Crippen molar-refractivity contribution in [2.45, 2.75) is 0 Å². The Bertz CT molecular complexity index is 656. The van der Waals surface area contributed by atoms with Crippen LogP contribution >= 0.6 is 0 Å². The summed E-state index contributed by atoms with van der Waals surface area (Å²) in [6.45, 7) is 0. The molecule has 0 N–H and O–H groups in total. The van der Waals surface area contributed by atoms with E-state index < -0.39 is 4.92 Å². The van der Waals surface area contributed by atoms with E-state index in [-0.39, 0.29) is 5.69 Å². The van der Waals surface area contributed by atoms with E-state index in [4.69, 9.17) is 0 Å². The highest BCUT2D eigenvalue weighted by atomic mass is 16.6. The zero-order valence-corrected chi connectivity index (χ0v) is 7.54. The zero-order valence-electron chi connectivity index (χ0n) is 7.54. The molecule has 15 heavy (non-hydrogen) atoms. The molecule has 2 heterocycles. The minimum absolute atomic E-state index is 0.0375. The Hall–Kier alpha value is -2.30. The van der Waals surface area contributed by atoms with Gasteiger partial charge in [-0.15, -0.1) is 0 Å². The predicted octanol–water partition coefficient (Wildman–Crippen LogP) is 0.695. The van der Waals surface area contributed by atoms with E-state index in [2.05, 4.69) is 9.98 Å². The van der Waals surface area contributed by atoms with Gasteiger partial charge in [-0.1, -0.05) is 0 Å². The van der Waals surface area contributed by atoms with E-state index in [1.54, 1.807) is 24.6 Å². The van der Waals surface area contributed by atoms with Crippen molar-refractivity contribution in [2.75, 3.05) is 0 Å². The minimum Gasteiger partial charge on any atom is -0.258 e. The Balaban J connectivity index is 2.50. The number of nitro benzene ring substituents is 1. The third kappa shape index (κ3) is 0.969. The number of fused-ring (bicyclic) bond motifs is 3. The molecule has 2 aliphatic rings. The Morgan fingerprint density at radius 1 is 1.40 bits per heavy atom. The van der Waals surface area contributed by atoms with Gasteiger partial charge in [-0.2, -0.15) is 0 Å². The summed E-state index contributed by atoms with van der Waals surface area (Å²) in [4.78, 5) is 18.6. The molecule has 5 heteroatoms. The van der Waals surface area contributed by atoms with Crippen molar-refractivity contribution in [3.8, 4) is 0 Å². The summed E-state index contributed by atoms with van der Waals surface area (Å²) >= 11 is 0. The molecule has 0 amide bonds. The number of rotatable bonds is 1. The van der Waals surface area contributed by atoms with Crippen LogP contribution in [0.25, 0.3) is 12.2 Å². The fourth-order valence-electron chi connectivity index (χ4n) is 1.77. The van der Waals surface area contributed by atoms with Gasteiger partial charge in [-0.25, -0.2) is 4.99 Å². The first-order chi connectivity index (χ1) is 7.27. The molecular formula is C10H5N3O2. The van der Waals surface area contributed by atoms with Gasteiger partial charge >= 0.3 is 0 Å². The van der Waals surface area contributed by atoms with Gasteiger partial charge in [0.1, 0.15) is 5.36 Å². The molecule has 0 aromatic heterocycles. The molecule has 0 spiro atoms. The van der Waals surface area contributed by atoms with Crippen molar-refractivity contribution < 1.29 is 4.92 Å². The maximum Gasteiger partial charge on any atom is 0.296 e. The lowest BCUT2D eigenvalue weighted by Gasteiger charge is -1.98. The normalized spacial score (nSPS) is 14.4. The number of aliphatic imine (C=N–C) groups is 1. The predicted molar refractivity (Wildman–Crippen MR) is 55.5 cm³/mol. The Labute approximate surface area is 83.9 Å². The van der Waals surface area contributed by atoms with Crippen LogP contribution in [0.1, 0.15) is 5.56 Å². The number of nitrogens with zero attached hydrogens (tertiary/aromatic N) is 3. The molecule has 0 aliphatic carbocycles. The summed E-state index contributed by atoms with van der Waals surface area (Å²) in [6, 6.07) is 1.51. The largest absolute Gasteiger partial charge is 0.296 e. The summed E-state index contributed by atoms with van der Waals surface area (Å²) in [7, 11) is 0. The van der Waals surface area contributed by atoms with E-state index in [1.165, 1.54) is 6.07 Å². The van der Waals surface area contributed by atoms with Gasteiger partial charge in [0, 0.05) is 29.3 Å². The maximum absolute atomic E-state index is 10.8. The van der Waals surface area contributed by atoms with Crippen LogP contribution in [0.2, 0.25) is 0 Å². The molecule has 0 saturated heterocycles. The van der Waals surface area contributed by atoms with Crippen LogP contribution in [0.5, 0.6) is 0 Å². The lowest BCUT2D eigenvalue weighted by Crippen LogP contribution is -2.16. The third-order valence-corrected chi connectivity index (χ3v) is 2.42. The summed E-state index contributed by atoms with van der Waals surface area (Å²) in [5, 5.41) is 12.0. The molecule has 1 aromatic carbocycles. The van der Waals surface area contributed by atoms with Crippen molar-refractivity contribution in [2.24, 2.45) is 9.98 Å². The fourth-order valence-corrected chi connectivity index (χ4v) is 1.77. The maximum atomic E-state index is 10.8. The molecular weight excluding hydrogens is 194 g/mol. The van der Waals surface area contributed by atoms with Gasteiger partial charge < -0.3 is 0 Å². The van der Waals surface area contributed by atoms with E-state index in [0.29, 0.717) is 5.36 Å². The molecule has 1 aromatic rings. The van der Waals surface area contributed by atoms with Crippen LogP contribution in [0, 0.1) is 10.1 Å². The van der Waals surface area contributed by atoms with Gasteiger partial charge in [0.15, 0.2) is 0 Å². The van der Waals surface area contributed by atoms with Crippen LogP contribution in [0.15, 0.2) is 22.3 Å². The molecule has 72 valence electrons. The molecule has 5 nitrogen and oxygen atoms in total. The number of hydrogen-bond acceptors (Lipinski definition) is 4. The molecule has 0 saturated carbocycles. The standard InChI is InChI=1S/C10H5N3O2/c14-13(15)8-5-6-1-3-11-9(6)7-2-4-12-10(7)8/h1-5H. The smallest absolute Gasteiger partial charge is 0.258 e. The molecule has 2 aliphatic heterocycles. The average Bonchev–Trinajstić information content (AvgIpc) is 2.83. The summed E-state index contributed by atoms with van der Waals surface area (Å²) in [5.74, 6) is 0. The number of nitro groups is 1. The van der Waals surface area contributed by atoms with Crippen LogP contribution in [-0.4, -0.2) is 11.1 Å². The SMILES string of the molecule is O=[N+]([O-])c1cc2c(c3c1=NC=C3)N=CC=2. The molecule has 0 atom stereocenters. The first kappa shape index (κ1) is 8.05. The third-order valence-electron chi connectivity index (χ3n) is 2.42. The molecule has 0 fully saturated rings. The second kappa shape index (κ2) is 2.60. The molecule has 0 radical (unpaired) electrons. The highest BCUT2D eigenvalue weighted by Gasteiger charge is 2.19. The van der Waals surface area contributed by atoms with E-state index in [9.17, 15) is 10.1 Å². The summed E-state index contributed by atoms with van der Waals surface area (Å²) in [5.41, 5.74) is 1.55. The van der Waals surface area contributed by atoms with Crippen molar-refractivity contribution >= 4 is 29.7 Å². The van der Waals surface area contributed by atoms with Crippen molar-refractivity contribution in [3.05, 3.63) is 38.5 Å². The molecule has 3 rings (SSSR count). The lowest BCUT2D eigenvalue weighted by atomic mass is 10.1. The molecule has 0 unspecified atom stereocenters. The number of hydrogen-bond donors (Lipinski definition) is 0. The van der Waals surface area contributed by atoms with Gasteiger partial charge in [0.2, 0.25) is 0 Å². The minimum atomic E-state index is -0.415. The quantitative estimate of drug-likeness (QED) is 0.493. The van der Waals surface area contributed by atoms with Crippen LogP contribution in [0.4, 0.5) is 11.4 Å². The number of benzene rings is 1. The Kier molecular flexibility index (Phi) is 1.39. The first-order valence-electron chi connectivity index (χ1n) is 4.37. The van der Waals surface area contributed by atoms with E-state index in [0.717, 1.165) is 16.5 Å². The van der Waals surface area contributed by atoms with Gasteiger partial charge in [-0.3, -0.25) is 15.1 Å². The van der Waals surface area contributed by atoms with Crippen LogP contribution < -0.4 is 10.6 Å². The van der Waals surface area contributed by atoms with Crippen molar-refractivity contribution in [1.82, 2.24) is 0 Å². The van der Waals surface area contributed by atoms with Crippen molar-refractivity contribution in [1.29, 1.82) is 0 Å². The Morgan fingerprint density at radius 3 is 3.07 bits per heavy atom. The summed E-state index contributed by atoms with van der Waals surface area (Å²) in [6.07, 6.45) is 6.71. The first-order valence-corrected chi connectivity index (χ1v) is 4.37. The average molecular weight is 199 g/mol. The highest BCUT2D eigenvalue weighted by molar-refractivity contribution is 5.98. The topological polar surface area (TPSA) is 67.9 Å². The highest BCUT2D eigenvalue weighted by Crippen LogP contribution is 2.20. The number of non-ortho nitro benzene ring substituents is 1. The zero-order chi connectivity index (χ0) is 10.4.